The standard InChI is InChI=1S/C20H19F2N3/c1-13-5-4-6-14(11-13)19-16-7-2-3-10-23-20(16)25(24-19)18-9-8-15(21)12-17(18)22/h4-6,8-9,11-12,23H,2-3,7,10H2,1H3. The Morgan fingerprint density at radius 1 is 1.08 bits per heavy atom. The summed E-state index contributed by atoms with van der Waals surface area (Å²) in [6, 6.07) is 11.7. The molecule has 0 saturated carbocycles. The van der Waals surface area contributed by atoms with Crippen molar-refractivity contribution in [1.82, 2.24) is 9.78 Å². The predicted octanol–water partition coefficient (Wildman–Crippen LogP) is 4.87. The average Bonchev–Trinajstić information content (AvgIpc) is 2.77. The fourth-order valence-electron chi connectivity index (χ4n) is 3.35. The summed E-state index contributed by atoms with van der Waals surface area (Å²) in [5.74, 6) is -0.405. The van der Waals surface area contributed by atoms with Crippen molar-refractivity contribution in [2.24, 2.45) is 0 Å². The zero-order valence-electron chi connectivity index (χ0n) is 14.0. The number of nitrogens with zero attached hydrogens (tertiary/aromatic N) is 2. The van der Waals surface area contributed by atoms with Gasteiger partial charge < -0.3 is 5.32 Å². The van der Waals surface area contributed by atoms with Gasteiger partial charge in [-0.05, 0) is 44.4 Å². The molecule has 1 N–H and O–H groups in total. The van der Waals surface area contributed by atoms with E-state index in [0.29, 0.717) is 0 Å². The smallest absolute Gasteiger partial charge is 0.151 e. The molecular weight excluding hydrogens is 320 g/mol. The molecule has 25 heavy (non-hydrogen) atoms. The summed E-state index contributed by atoms with van der Waals surface area (Å²) in [4.78, 5) is 0. The summed E-state index contributed by atoms with van der Waals surface area (Å²) in [6.07, 6.45) is 2.98. The zero-order chi connectivity index (χ0) is 17.4. The molecule has 3 nitrogen and oxygen atoms in total. The molecule has 0 atom stereocenters. The van der Waals surface area contributed by atoms with Crippen LogP contribution in [0.15, 0.2) is 42.5 Å². The van der Waals surface area contributed by atoms with Gasteiger partial charge in [0, 0.05) is 23.7 Å². The maximum absolute atomic E-state index is 14.4. The number of halogens is 2. The number of anilines is 1. The molecule has 4 rings (SSSR count). The minimum absolute atomic E-state index is 0.256. The first kappa shape index (κ1) is 15.8. The number of rotatable bonds is 2. The third-order valence-electron chi connectivity index (χ3n) is 4.56. The molecule has 0 unspecified atom stereocenters. The van der Waals surface area contributed by atoms with E-state index in [-0.39, 0.29) is 5.69 Å². The Kier molecular flexibility index (Phi) is 3.99. The first-order valence-electron chi connectivity index (χ1n) is 8.52. The molecule has 0 amide bonds. The molecule has 0 radical (unpaired) electrons. The third kappa shape index (κ3) is 2.90. The van der Waals surface area contributed by atoms with Crippen LogP contribution >= 0.6 is 0 Å². The van der Waals surface area contributed by atoms with Gasteiger partial charge in [-0.3, -0.25) is 0 Å². The number of aromatic nitrogens is 2. The molecule has 1 aromatic heterocycles. The van der Waals surface area contributed by atoms with Crippen LogP contribution in [0.3, 0.4) is 0 Å². The topological polar surface area (TPSA) is 29.9 Å². The van der Waals surface area contributed by atoms with Crippen LogP contribution in [0.4, 0.5) is 14.6 Å². The molecule has 0 saturated heterocycles. The summed E-state index contributed by atoms with van der Waals surface area (Å²) in [6.45, 7) is 2.85. The van der Waals surface area contributed by atoms with Crippen molar-refractivity contribution in [2.45, 2.75) is 26.2 Å². The zero-order valence-corrected chi connectivity index (χ0v) is 14.0. The molecule has 3 aromatic rings. The molecule has 0 spiro atoms. The van der Waals surface area contributed by atoms with E-state index in [1.54, 1.807) is 4.68 Å². The van der Waals surface area contributed by atoms with Crippen molar-refractivity contribution in [2.75, 3.05) is 11.9 Å². The van der Waals surface area contributed by atoms with Crippen LogP contribution in [0.1, 0.15) is 24.0 Å². The molecule has 0 aliphatic carbocycles. The maximum Gasteiger partial charge on any atom is 0.151 e. The van der Waals surface area contributed by atoms with E-state index in [2.05, 4.69) is 11.4 Å². The third-order valence-corrected chi connectivity index (χ3v) is 4.56. The van der Waals surface area contributed by atoms with Crippen molar-refractivity contribution >= 4 is 5.82 Å². The van der Waals surface area contributed by atoms with E-state index >= 15 is 0 Å². The SMILES string of the molecule is Cc1cccc(-c2nn(-c3ccc(F)cc3F)c3c2CCCCN3)c1. The number of nitrogens with one attached hydrogen (secondary N) is 1. The van der Waals surface area contributed by atoms with Crippen LogP contribution in [-0.2, 0) is 6.42 Å². The van der Waals surface area contributed by atoms with E-state index in [0.717, 1.165) is 60.1 Å². The van der Waals surface area contributed by atoms with Gasteiger partial charge in [0.25, 0.3) is 0 Å². The normalized spacial score (nSPS) is 13.9. The lowest BCUT2D eigenvalue weighted by Gasteiger charge is -2.10. The Morgan fingerprint density at radius 3 is 2.76 bits per heavy atom. The highest BCUT2D eigenvalue weighted by atomic mass is 19.1. The van der Waals surface area contributed by atoms with Gasteiger partial charge in [-0.1, -0.05) is 23.8 Å². The number of hydrogen-bond donors (Lipinski definition) is 1. The molecule has 1 aliphatic rings. The van der Waals surface area contributed by atoms with Gasteiger partial charge in [0.2, 0.25) is 0 Å². The van der Waals surface area contributed by atoms with Crippen LogP contribution in [0.25, 0.3) is 16.9 Å². The second kappa shape index (κ2) is 6.31. The van der Waals surface area contributed by atoms with Crippen molar-refractivity contribution in [3.63, 3.8) is 0 Å². The van der Waals surface area contributed by atoms with E-state index < -0.39 is 11.6 Å². The van der Waals surface area contributed by atoms with Crippen LogP contribution < -0.4 is 5.32 Å². The quantitative estimate of drug-likeness (QED) is 0.721. The Hall–Kier alpha value is -2.69. The molecule has 2 heterocycles. The lowest BCUT2D eigenvalue weighted by atomic mass is 10.0. The summed E-state index contributed by atoms with van der Waals surface area (Å²) < 4.78 is 29.2. The average molecular weight is 339 g/mol. The largest absolute Gasteiger partial charge is 0.370 e. The number of benzene rings is 2. The first-order chi connectivity index (χ1) is 12.1. The summed E-state index contributed by atoms with van der Waals surface area (Å²) in [5, 5.41) is 8.08. The number of aryl methyl sites for hydroxylation is 1. The van der Waals surface area contributed by atoms with Gasteiger partial charge in [-0.2, -0.15) is 5.10 Å². The van der Waals surface area contributed by atoms with Gasteiger partial charge in [0.1, 0.15) is 17.3 Å². The van der Waals surface area contributed by atoms with Crippen molar-refractivity contribution < 1.29 is 8.78 Å². The summed E-state index contributed by atoms with van der Waals surface area (Å²) >= 11 is 0. The van der Waals surface area contributed by atoms with Gasteiger partial charge in [-0.15, -0.1) is 0 Å². The van der Waals surface area contributed by atoms with Crippen LogP contribution in [-0.4, -0.2) is 16.3 Å². The highest BCUT2D eigenvalue weighted by Crippen LogP contribution is 2.34. The molecule has 0 fully saturated rings. The first-order valence-corrected chi connectivity index (χ1v) is 8.52. The van der Waals surface area contributed by atoms with Gasteiger partial charge >= 0.3 is 0 Å². The summed E-state index contributed by atoms with van der Waals surface area (Å²) in [5.41, 5.74) is 4.37. The molecule has 128 valence electrons. The molecule has 0 bridgehead atoms. The second-order valence-electron chi connectivity index (χ2n) is 6.44. The van der Waals surface area contributed by atoms with Crippen molar-refractivity contribution in [3.8, 4) is 16.9 Å². The van der Waals surface area contributed by atoms with Crippen molar-refractivity contribution in [1.29, 1.82) is 0 Å². The minimum Gasteiger partial charge on any atom is -0.370 e. The van der Waals surface area contributed by atoms with Gasteiger partial charge in [0.15, 0.2) is 5.82 Å². The van der Waals surface area contributed by atoms with Crippen LogP contribution in [0, 0.1) is 18.6 Å². The number of fused-ring (bicyclic) bond motifs is 1. The molecule has 5 heteroatoms. The Morgan fingerprint density at radius 2 is 1.96 bits per heavy atom. The lowest BCUT2D eigenvalue weighted by Crippen LogP contribution is -2.08. The molecular formula is C20H19F2N3. The summed E-state index contributed by atoms with van der Waals surface area (Å²) in [7, 11) is 0. The van der Waals surface area contributed by atoms with E-state index in [4.69, 9.17) is 5.10 Å². The Labute approximate surface area is 145 Å². The fourth-order valence-corrected chi connectivity index (χ4v) is 3.35. The van der Waals surface area contributed by atoms with Crippen LogP contribution in [0.2, 0.25) is 0 Å². The van der Waals surface area contributed by atoms with Gasteiger partial charge in [0.05, 0.1) is 5.69 Å². The second-order valence-corrected chi connectivity index (χ2v) is 6.44. The van der Waals surface area contributed by atoms with Gasteiger partial charge in [-0.25, -0.2) is 13.5 Å². The van der Waals surface area contributed by atoms with E-state index in [1.807, 2.05) is 25.1 Å². The lowest BCUT2D eigenvalue weighted by molar-refractivity contribution is 0.574. The fraction of sp³-hybridized carbons (Fsp3) is 0.250. The van der Waals surface area contributed by atoms with Crippen molar-refractivity contribution in [3.05, 3.63) is 65.2 Å². The predicted molar refractivity (Wildman–Crippen MR) is 95.1 cm³/mol. The minimum atomic E-state index is -0.618. The monoisotopic (exact) mass is 339 g/mol. The Bertz CT molecular complexity index is 931. The Balaban J connectivity index is 1.93. The molecule has 2 aromatic carbocycles. The van der Waals surface area contributed by atoms with E-state index in [9.17, 15) is 8.78 Å². The van der Waals surface area contributed by atoms with Crippen LogP contribution in [0.5, 0.6) is 0 Å². The molecule has 1 aliphatic heterocycles. The number of hydrogen-bond acceptors (Lipinski definition) is 2. The van der Waals surface area contributed by atoms with E-state index in [1.165, 1.54) is 12.1 Å². The highest BCUT2D eigenvalue weighted by molar-refractivity contribution is 5.71. The highest BCUT2D eigenvalue weighted by Gasteiger charge is 2.23. The maximum atomic E-state index is 14.4.